The van der Waals surface area contributed by atoms with Crippen LogP contribution in [0.1, 0.15) is 23.0 Å². The molecule has 0 radical (unpaired) electrons. The number of para-hydroxylation sites is 1. The molecule has 0 atom stereocenters. The van der Waals surface area contributed by atoms with Gasteiger partial charge in [0.05, 0.1) is 0 Å². The molecule has 3 rings (SSSR count). The van der Waals surface area contributed by atoms with E-state index in [1.165, 1.54) is 0 Å². The fourth-order valence-corrected chi connectivity index (χ4v) is 2.10. The van der Waals surface area contributed by atoms with Gasteiger partial charge in [0, 0.05) is 17.7 Å². The van der Waals surface area contributed by atoms with Crippen molar-refractivity contribution in [3.8, 4) is 17.0 Å². The SMILES string of the molecule is CCNC(=O)c1[nH]nc2c1COc1ccccc1-2. The van der Waals surface area contributed by atoms with Crippen LogP contribution in [-0.2, 0) is 6.61 Å². The van der Waals surface area contributed by atoms with Gasteiger partial charge in [-0.2, -0.15) is 5.10 Å². The Kier molecular flexibility index (Phi) is 2.51. The van der Waals surface area contributed by atoms with E-state index in [0.29, 0.717) is 18.8 Å². The van der Waals surface area contributed by atoms with E-state index in [1.807, 2.05) is 31.2 Å². The zero-order valence-corrected chi connectivity index (χ0v) is 9.99. The lowest BCUT2D eigenvalue weighted by Gasteiger charge is -2.16. The topological polar surface area (TPSA) is 67.0 Å². The number of ether oxygens (including phenoxy) is 1. The minimum absolute atomic E-state index is 0.144. The maximum Gasteiger partial charge on any atom is 0.269 e. The lowest BCUT2D eigenvalue weighted by Crippen LogP contribution is -2.24. The summed E-state index contributed by atoms with van der Waals surface area (Å²) >= 11 is 0. The van der Waals surface area contributed by atoms with Gasteiger partial charge >= 0.3 is 0 Å². The Bertz CT molecular complexity index is 604. The zero-order chi connectivity index (χ0) is 12.5. The molecule has 2 heterocycles. The van der Waals surface area contributed by atoms with E-state index in [9.17, 15) is 4.79 Å². The summed E-state index contributed by atoms with van der Waals surface area (Å²) in [7, 11) is 0. The quantitative estimate of drug-likeness (QED) is 0.844. The third-order valence-corrected chi connectivity index (χ3v) is 2.95. The monoisotopic (exact) mass is 243 g/mol. The molecule has 1 amide bonds. The Labute approximate surface area is 104 Å². The number of aromatic amines is 1. The minimum atomic E-state index is -0.144. The van der Waals surface area contributed by atoms with Crippen molar-refractivity contribution in [1.82, 2.24) is 15.5 Å². The number of nitrogens with zero attached hydrogens (tertiary/aromatic N) is 1. The summed E-state index contributed by atoms with van der Waals surface area (Å²) in [4.78, 5) is 11.9. The highest BCUT2D eigenvalue weighted by atomic mass is 16.5. The maximum absolute atomic E-state index is 11.9. The van der Waals surface area contributed by atoms with E-state index in [0.717, 1.165) is 22.6 Å². The van der Waals surface area contributed by atoms with Crippen LogP contribution in [0.5, 0.6) is 5.75 Å². The van der Waals surface area contributed by atoms with Gasteiger partial charge in [-0.15, -0.1) is 0 Å². The largest absolute Gasteiger partial charge is 0.488 e. The third kappa shape index (κ3) is 1.55. The van der Waals surface area contributed by atoms with E-state index < -0.39 is 0 Å². The Hall–Kier alpha value is -2.30. The first-order valence-electron chi connectivity index (χ1n) is 5.89. The summed E-state index contributed by atoms with van der Waals surface area (Å²) in [6.07, 6.45) is 0. The van der Waals surface area contributed by atoms with Crippen LogP contribution < -0.4 is 10.1 Å². The maximum atomic E-state index is 11.9. The molecule has 0 fully saturated rings. The second-order valence-electron chi connectivity index (χ2n) is 4.07. The molecule has 1 aromatic heterocycles. The van der Waals surface area contributed by atoms with E-state index in [-0.39, 0.29) is 5.91 Å². The molecule has 1 aliphatic rings. The third-order valence-electron chi connectivity index (χ3n) is 2.95. The van der Waals surface area contributed by atoms with Crippen LogP contribution in [0.2, 0.25) is 0 Å². The van der Waals surface area contributed by atoms with Crippen molar-refractivity contribution >= 4 is 5.91 Å². The first-order chi connectivity index (χ1) is 8.81. The van der Waals surface area contributed by atoms with E-state index in [2.05, 4.69) is 15.5 Å². The van der Waals surface area contributed by atoms with E-state index in [4.69, 9.17) is 4.74 Å². The molecular formula is C13H13N3O2. The predicted octanol–water partition coefficient (Wildman–Crippen LogP) is 1.72. The summed E-state index contributed by atoms with van der Waals surface area (Å²) < 4.78 is 5.64. The van der Waals surface area contributed by atoms with Crippen molar-refractivity contribution in [3.05, 3.63) is 35.5 Å². The van der Waals surface area contributed by atoms with Crippen LogP contribution in [0.25, 0.3) is 11.3 Å². The highest BCUT2D eigenvalue weighted by Gasteiger charge is 2.25. The van der Waals surface area contributed by atoms with Crippen molar-refractivity contribution in [3.63, 3.8) is 0 Å². The average Bonchev–Trinajstić information content (AvgIpc) is 2.83. The summed E-state index contributed by atoms with van der Waals surface area (Å²) in [5.41, 5.74) is 3.03. The summed E-state index contributed by atoms with van der Waals surface area (Å²) in [5, 5.41) is 9.79. The number of carbonyl (C=O) groups excluding carboxylic acids is 1. The molecular weight excluding hydrogens is 230 g/mol. The number of fused-ring (bicyclic) bond motifs is 3. The number of hydrogen-bond donors (Lipinski definition) is 2. The van der Waals surface area contributed by atoms with Gasteiger partial charge in [0.25, 0.3) is 5.91 Å². The number of H-pyrrole nitrogens is 1. The van der Waals surface area contributed by atoms with Gasteiger partial charge in [-0.25, -0.2) is 0 Å². The standard InChI is InChI=1S/C13H13N3O2/c1-2-14-13(17)12-9-7-18-10-6-4-3-5-8(10)11(9)15-16-12/h3-6H,2,7H2,1H3,(H,14,17)(H,15,16). The van der Waals surface area contributed by atoms with Crippen molar-refractivity contribution < 1.29 is 9.53 Å². The highest BCUT2D eigenvalue weighted by molar-refractivity contribution is 5.96. The Morgan fingerprint density at radius 1 is 1.50 bits per heavy atom. The van der Waals surface area contributed by atoms with Gasteiger partial charge in [0.2, 0.25) is 0 Å². The fraction of sp³-hybridized carbons (Fsp3) is 0.231. The molecule has 5 nitrogen and oxygen atoms in total. The number of amides is 1. The normalized spacial score (nSPS) is 12.3. The van der Waals surface area contributed by atoms with Crippen LogP contribution >= 0.6 is 0 Å². The molecule has 5 heteroatoms. The summed E-state index contributed by atoms with van der Waals surface area (Å²) in [6, 6.07) is 7.69. The van der Waals surface area contributed by atoms with Crippen LogP contribution in [0, 0.1) is 0 Å². The van der Waals surface area contributed by atoms with Gasteiger partial charge in [-0.1, -0.05) is 12.1 Å². The second-order valence-corrected chi connectivity index (χ2v) is 4.07. The lowest BCUT2D eigenvalue weighted by molar-refractivity contribution is 0.0948. The summed E-state index contributed by atoms with van der Waals surface area (Å²) in [5.74, 6) is 0.660. The van der Waals surface area contributed by atoms with Gasteiger partial charge < -0.3 is 10.1 Å². The number of carbonyl (C=O) groups is 1. The number of rotatable bonds is 2. The first kappa shape index (κ1) is 10.8. The number of nitrogens with one attached hydrogen (secondary N) is 2. The number of aromatic nitrogens is 2. The molecule has 0 bridgehead atoms. The van der Waals surface area contributed by atoms with Crippen molar-refractivity contribution in [2.45, 2.75) is 13.5 Å². The Balaban J connectivity index is 2.07. The molecule has 1 aromatic carbocycles. The molecule has 0 unspecified atom stereocenters. The van der Waals surface area contributed by atoms with Gasteiger partial charge in [0.1, 0.15) is 23.7 Å². The molecule has 0 aliphatic carbocycles. The van der Waals surface area contributed by atoms with Crippen LogP contribution in [0.15, 0.2) is 24.3 Å². The van der Waals surface area contributed by atoms with Crippen molar-refractivity contribution in [1.29, 1.82) is 0 Å². The van der Waals surface area contributed by atoms with Gasteiger partial charge in [-0.3, -0.25) is 9.89 Å². The Morgan fingerprint density at radius 2 is 2.33 bits per heavy atom. The van der Waals surface area contributed by atoms with Crippen LogP contribution in [0.4, 0.5) is 0 Å². The van der Waals surface area contributed by atoms with Crippen LogP contribution in [0.3, 0.4) is 0 Å². The molecule has 1 aliphatic heterocycles. The van der Waals surface area contributed by atoms with Gasteiger partial charge in [0.15, 0.2) is 0 Å². The minimum Gasteiger partial charge on any atom is -0.488 e. The molecule has 0 spiro atoms. The molecule has 2 aromatic rings. The second kappa shape index (κ2) is 4.18. The van der Waals surface area contributed by atoms with Crippen LogP contribution in [-0.4, -0.2) is 22.6 Å². The van der Waals surface area contributed by atoms with Crippen molar-refractivity contribution in [2.24, 2.45) is 0 Å². The zero-order valence-electron chi connectivity index (χ0n) is 9.99. The smallest absolute Gasteiger partial charge is 0.269 e. The molecule has 92 valence electrons. The average molecular weight is 243 g/mol. The highest BCUT2D eigenvalue weighted by Crippen LogP contribution is 2.36. The first-order valence-corrected chi connectivity index (χ1v) is 5.89. The van der Waals surface area contributed by atoms with E-state index in [1.54, 1.807) is 0 Å². The predicted molar refractivity (Wildman–Crippen MR) is 66.4 cm³/mol. The fourth-order valence-electron chi connectivity index (χ4n) is 2.10. The number of hydrogen-bond acceptors (Lipinski definition) is 3. The van der Waals surface area contributed by atoms with E-state index >= 15 is 0 Å². The molecule has 18 heavy (non-hydrogen) atoms. The summed E-state index contributed by atoms with van der Waals surface area (Å²) in [6.45, 7) is 2.84. The lowest BCUT2D eigenvalue weighted by atomic mass is 10.0. The number of benzene rings is 1. The molecule has 2 N–H and O–H groups in total. The molecule has 0 saturated heterocycles. The molecule has 0 saturated carbocycles. The van der Waals surface area contributed by atoms with Gasteiger partial charge in [-0.05, 0) is 19.1 Å². The Morgan fingerprint density at radius 3 is 3.17 bits per heavy atom. The van der Waals surface area contributed by atoms with Crippen molar-refractivity contribution in [2.75, 3.05) is 6.54 Å².